The Morgan fingerprint density at radius 3 is 2.67 bits per heavy atom. The number of carbonyl (C=O) groups is 2. The molecule has 0 saturated heterocycles. The number of rotatable bonds is 8. The van der Waals surface area contributed by atoms with Gasteiger partial charge in [0.25, 0.3) is 0 Å². The highest BCUT2D eigenvalue weighted by molar-refractivity contribution is 5.99. The third kappa shape index (κ3) is 3.84. The maximum absolute atomic E-state index is 12.2. The third-order valence-corrected chi connectivity index (χ3v) is 3.21. The highest BCUT2D eigenvalue weighted by Crippen LogP contribution is 2.31. The molecule has 0 amide bonds. The quantitative estimate of drug-likeness (QED) is 0.452. The van der Waals surface area contributed by atoms with Crippen LogP contribution in [0.3, 0.4) is 0 Å². The Morgan fingerprint density at radius 1 is 1.43 bits per heavy atom. The van der Waals surface area contributed by atoms with Gasteiger partial charge in [0.15, 0.2) is 5.41 Å². The number of aliphatic carboxylic acids is 1. The minimum absolute atomic E-state index is 0.00161. The van der Waals surface area contributed by atoms with E-state index in [0.717, 1.165) is 0 Å². The summed E-state index contributed by atoms with van der Waals surface area (Å²) in [5, 5.41) is 9.56. The van der Waals surface area contributed by atoms with E-state index in [9.17, 15) is 14.7 Å². The van der Waals surface area contributed by atoms with Crippen LogP contribution < -0.4 is 4.74 Å². The van der Waals surface area contributed by atoms with E-state index in [0.29, 0.717) is 11.3 Å². The Balaban J connectivity index is 3.19. The van der Waals surface area contributed by atoms with Gasteiger partial charge in [0, 0.05) is 0 Å². The van der Waals surface area contributed by atoms with Crippen LogP contribution in [0.25, 0.3) is 0 Å². The van der Waals surface area contributed by atoms with Crippen LogP contribution in [0.15, 0.2) is 36.9 Å². The van der Waals surface area contributed by atoms with Gasteiger partial charge >= 0.3 is 11.9 Å². The average molecular weight is 292 g/mol. The lowest BCUT2D eigenvalue weighted by Gasteiger charge is -2.26. The van der Waals surface area contributed by atoms with Crippen molar-refractivity contribution in [2.24, 2.45) is 5.41 Å². The van der Waals surface area contributed by atoms with Gasteiger partial charge in [0.2, 0.25) is 0 Å². The Kier molecular flexibility index (Phi) is 5.96. The van der Waals surface area contributed by atoms with Crippen LogP contribution in [0.2, 0.25) is 0 Å². The van der Waals surface area contributed by atoms with Crippen LogP contribution in [0.5, 0.6) is 5.75 Å². The van der Waals surface area contributed by atoms with Gasteiger partial charge in [-0.3, -0.25) is 9.59 Å². The first-order valence-electron chi connectivity index (χ1n) is 6.64. The number of benzene rings is 1. The van der Waals surface area contributed by atoms with E-state index in [-0.39, 0.29) is 19.4 Å². The highest BCUT2D eigenvalue weighted by Gasteiger charge is 2.46. The van der Waals surface area contributed by atoms with Crippen molar-refractivity contribution < 1.29 is 24.2 Å². The molecule has 0 saturated carbocycles. The van der Waals surface area contributed by atoms with Crippen LogP contribution in [0.1, 0.15) is 18.9 Å². The molecule has 0 spiro atoms. The zero-order chi connectivity index (χ0) is 15.9. The van der Waals surface area contributed by atoms with Crippen molar-refractivity contribution in [1.29, 1.82) is 0 Å². The minimum atomic E-state index is -1.66. The van der Waals surface area contributed by atoms with E-state index in [4.69, 9.17) is 9.47 Å². The summed E-state index contributed by atoms with van der Waals surface area (Å²) >= 11 is 0. The van der Waals surface area contributed by atoms with Gasteiger partial charge < -0.3 is 14.6 Å². The van der Waals surface area contributed by atoms with E-state index in [1.165, 1.54) is 13.2 Å². The summed E-state index contributed by atoms with van der Waals surface area (Å²) in [5.41, 5.74) is -0.976. The lowest BCUT2D eigenvalue weighted by Crippen LogP contribution is -2.42. The molecule has 0 radical (unpaired) electrons. The van der Waals surface area contributed by atoms with Gasteiger partial charge in [0.05, 0.1) is 13.7 Å². The number of methoxy groups -OCH3 is 1. The van der Waals surface area contributed by atoms with E-state index in [1.54, 1.807) is 31.2 Å². The van der Waals surface area contributed by atoms with Crippen molar-refractivity contribution in [3.8, 4) is 5.75 Å². The molecular weight excluding hydrogens is 272 g/mol. The molecule has 21 heavy (non-hydrogen) atoms. The van der Waals surface area contributed by atoms with Gasteiger partial charge in [0.1, 0.15) is 5.75 Å². The lowest BCUT2D eigenvalue weighted by atomic mass is 9.78. The minimum Gasteiger partial charge on any atom is -0.497 e. The number of carboxylic acids is 1. The van der Waals surface area contributed by atoms with Gasteiger partial charge in [-0.15, -0.1) is 6.58 Å². The van der Waals surface area contributed by atoms with Gasteiger partial charge in [-0.05, 0) is 37.5 Å². The summed E-state index contributed by atoms with van der Waals surface area (Å²) in [4.78, 5) is 23.9. The van der Waals surface area contributed by atoms with E-state index in [1.807, 2.05) is 0 Å². The van der Waals surface area contributed by atoms with Crippen molar-refractivity contribution in [3.63, 3.8) is 0 Å². The number of esters is 1. The molecule has 0 aliphatic carbocycles. The number of ether oxygens (including phenoxy) is 2. The van der Waals surface area contributed by atoms with Gasteiger partial charge in [-0.2, -0.15) is 0 Å². The second kappa shape index (κ2) is 7.47. The van der Waals surface area contributed by atoms with Gasteiger partial charge in [-0.25, -0.2) is 0 Å². The van der Waals surface area contributed by atoms with Gasteiger partial charge in [-0.1, -0.05) is 18.2 Å². The Bertz CT molecular complexity index is 523. The van der Waals surface area contributed by atoms with E-state index >= 15 is 0 Å². The fourth-order valence-corrected chi connectivity index (χ4v) is 2.12. The summed E-state index contributed by atoms with van der Waals surface area (Å²) in [6.45, 7) is 5.32. The molecule has 5 heteroatoms. The predicted molar refractivity (Wildman–Crippen MR) is 78.2 cm³/mol. The maximum Gasteiger partial charge on any atom is 0.324 e. The summed E-state index contributed by atoms with van der Waals surface area (Å²) in [6, 6.07) is 6.96. The molecule has 0 aliphatic rings. The van der Waals surface area contributed by atoms with Crippen LogP contribution >= 0.6 is 0 Å². The van der Waals surface area contributed by atoms with Crippen molar-refractivity contribution >= 4 is 11.9 Å². The summed E-state index contributed by atoms with van der Waals surface area (Å²) in [7, 11) is 1.53. The summed E-state index contributed by atoms with van der Waals surface area (Å²) in [5.74, 6) is -1.36. The maximum atomic E-state index is 12.2. The molecule has 5 nitrogen and oxygen atoms in total. The largest absolute Gasteiger partial charge is 0.497 e. The number of carbonyl (C=O) groups excluding carboxylic acids is 1. The highest BCUT2D eigenvalue weighted by atomic mass is 16.5. The monoisotopic (exact) mass is 292 g/mol. The predicted octanol–water partition coefficient (Wildman–Crippen LogP) is 2.45. The van der Waals surface area contributed by atoms with Crippen LogP contribution in [0, 0.1) is 5.41 Å². The third-order valence-electron chi connectivity index (χ3n) is 3.21. The van der Waals surface area contributed by atoms with Crippen molar-refractivity contribution in [2.75, 3.05) is 13.7 Å². The fraction of sp³-hybridized carbons (Fsp3) is 0.375. The molecule has 114 valence electrons. The lowest BCUT2D eigenvalue weighted by molar-refractivity contribution is -0.168. The molecule has 1 aromatic rings. The molecule has 0 bridgehead atoms. The standard InChI is InChI=1S/C16H20O5/c1-4-9-16(14(17)18,15(19)21-5-2)11-12-7-6-8-13(10-12)20-3/h4,6-8,10H,1,5,9,11H2,2-3H3,(H,17,18). The molecular formula is C16H20O5. The number of allylic oxidation sites excluding steroid dienone is 1. The van der Waals surface area contributed by atoms with Crippen LogP contribution in [-0.2, 0) is 20.7 Å². The second-order valence-corrected chi connectivity index (χ2v) is 4.63. The summed E-state index contributed by atoms with van der Waals surface area (Å²) < 4.78 is 10.1. The number of hydrogen-bond donors (Lipinski definition) is 1. The first-order valence-corrected chi connectivity index (χ1v) is 6.64. The smallest absolute Gasteiger partial charge is 0.324 e. The average Bonchev–Trinajstić information content (AvgIpc) is 2.46. The number of hydrogen-bond acceptors (Lipinski definition) is 4. The molecule has 1 atom stereocenters. The Hall–Kier alpha value is -2.30. The molecule has 1 rings (SSSR count). The molecule has 1 N–H and O–H groups in total. The SMILES string of the molecule is C=CCC(Cc1cccc(OC)c1)(C(=O)O)C(=O)OCC. The Labute approximate surface area is 124 Å². The topological polar surface area (TPSA) is 72.8 Å². The first kappa shape index (κ1) is 16.8. The zero-order valence-corrected chi connectivity index (χ0v) is 12.3. The second-order valence-electron chi connectivity index (χ2n) is 4.63. The molecule has 0 aliphatic heterocycles. The normalized spacial score (nSPS) is 13.0. The molecule has 1 aromatic carbocycles. The van der Waals surface area contributed by atoms with Crippen LogP contribution in [-0.4, -0.2) is 30.8 Å². The van der Waals surface area contributed by atoms with Crippen molar-refractivity contribution in [1.82, 2.24) is 0 Å². The summed E-state index contributed by atoms with van der Waals surface area (Å²) in [6.07, 6.45) is 1.44. The zero-order valence-electron chi connectivity index (χ0n) is 12.3. The first-order chi connectivity index (χ1) is 10.00. The van der Waals surface area contributed by atoms with E-state index < -0.39 is 17.4 Å². The fourth-order valence-electron chi connectivity index (χ4n) is 2.12. The molecule has 1 unspecified atom stereocenters. The van der Waals surface area contributed by atoms with Crippen molar-refractivity contribution in [3.05, 3.63) is 42.5 Å². The van der Waals surface area contributed by atoms with Crippen molar-refractivity contribution in [2.45, 2.75) is 19.8 Å². The molecule has 0 aromatic heterocycles. The van der Waals surface area contributed by atoms with E-state index in [2.05, 4.69) is 6.58 Å². The molecule has 0 fully saturated rings. The molecule has 0 heterocycles. The number of carboxylic acid groups (broad SMARTS) is 1. The van der Waals surface area contributed by atoms with Crippen LogP contribution in [0.4, 0.5) is 0 Å². The Morgan fingerprint density at radius 2 is 2.14 bits per heavy atom.